The number of nitrogens with one attached hydrogen (secondary N) is 1. The lowest BCUT2D eigenvalue weighted by atomic mass is 10.2. The highest BCUT2D eigenvalue weighted by atomic mass is 19.4. The standard InChI is InChI=1S/C24H23F3N6O3/c1-36-11-10-32-18(12-17-21(32)30-20-4-2-3-8-33(20)23(17)35)22(34)29-16-7-9-31(14-16)19-6-5-15(13-28-19)24(25,26)27/h2-6,8,12-13,16H,7,9-11,14H2,1H3,(H,29,34). The molecule has 0 spiro atoms. The number of amides is 1. The first-order valence-electron chi connectivity index (χ1n) is 11.3. The lowest BCUT2D eigenvalue weighted by Crippen LogP contribution is -2.38. The van der Waals surface area contributed by atoms with Gasteiger partial charge in [0.25, 0.3) is 11.5 Å². The Kier molecular flexibility index (Phi) is 6.12. The highest BCUT2D eigenvalue weighted by Crippen LogP contribution is 2.30. The van der Waals surface area contributed by atoms with E-state index >= 15 is 0 Å². The van der Waals surface area contributed by atoms with Crippen molar-refractivity contribution in [2.75, 3.05) is 31.7 Å². The maximum atomic E-state index is 13.3. The van der Waals surface area contributed by atoms with Crippen LogP contribution in [0.3, 0.4) is 0 Å². The van der Waals surface area contributed by atoms with Crippen molar-refractivity contribution in [3.63, 3.8) is 0 Å². The number of ether oxygens (including phenoxy) is 1. The Morgan fingerprint density at radius 2 is 2.08 bits per heavy atom. The van der Waals surface area contributed by atoms with Gasteiger partial charge < -0.3 is 19.5 Å². The van der Waals surface area contributed by atoms with Gasteiger partial charge in [0.1, 0.15) is 22.8 Å². The first-order chi connectivity index (χ1) is 17.3. The Bertz CT molecular complexity index is 1480. The van der Waals surface area contributed by atoms with Gasteiger partial charge in [-0.1, -0.05) is 6.07 Å². The highest BCUT2D eigenvalue weighted by molar-refractivity contribution is 5.98. The Morgan fingerprint density at radius 1 is 1.25 bits per heavy atom. The third-order valence-electron chi connectivity index (χ3n) is 6.25. The number of hydrogen-bond acceptors (Lipinski definition) is 6. The minimum absolute atomic E-state index is 0.247. The molecule has 4 aromatic rings. The molecular formula is C24H23F3N6O3. The molecule has 12 heteroatoms. The van der Waals surface area contributed by atoms with E-state index in [4.69, 9.17) is 4.74 Å². The van der Waals surface area contributed by atoms with Crippen LogP contribution in [0.5, 0.6) is 0 Å². The fraction of sp³-hybridized carbons (Fsp3) is 0.333. The molecule has 0 aliphatic carbocycles. The lowest BCUT2D eigenvalue weighted by molar-refractivity contribution is -0.137. The quantitative estimate of drug-likeness (QED) is 0.438. The van der Waals surface area contributed by atoms with Gasteiger partial charge in [0.05, 0.1) is 17.6 Å². The van der Waals surface area contributed by atoms with Crippen LogP contribution in [0, 0.1) is 0 Å². The van der Waals surface area contributed by atoms with Crippen molar-refractivity contribution in [1.29, 1.82) is 0 Å². The monoisotopic (exact) mass is 500 g/mol. The molecule has 1 atom stereocenters. The van der Waals surface area contributed by atoms with Crippen LogP contribution in [0.2, 0.25) is 0 Å². The zero-order valence-corrected chi connectivity index (χ0v) is 19.3. The minimum atomic E-state index is -4.45. The SMILES string of the molecule is COCCn1c(C(=O)NC2CCN(c3ccc(C(F)(F)F)cn3)C2)cc2c(=O)n3ccccc3nc21. The number of methoxy groups -OCH3 is 1. The van der Waals surface area contributed by atoms with E-state index in [1.165, 1.54) is 10.5 Å². The number of alkyl halides is 3. The van der Waals surface area contributed by atoms with Crippen LogP contribution in [0.25, 0.3) is 16.7 Å². The van der Waals surface area contributed by atoms with E-state index in [0.717, 1.165) is 12.3 Å². The molecule has 0 radical (unpaired) electrons. The van der Waals surface area contributed by atoms with E-state index in [0.29, 0.717) is 55.2 Å². The fourth-order valence-corrected chi connectivity index (χ4v) is 4.44. The summed E-state index contributed by atoms with van der Waals surface area (Å²) < 4.78 is 46.8. The Hall–Kier alpha value is -3.93. The second kappa shape index (κ2) is 9.26. The van der Waals surface area contributed by atoms with Gasteiger partial charge >= 0.3 is 6.18 Å². The third kappa shape index (κ3) is 4.39. The molecule has 0 saturated carbocycles. The summed E-state index contributed by atoms with van der Waals surface area (Å²) in [5.41, 5.74) is 0.0656. The number of aromatic nitrogens is 4. The molecule has 1 saturated heterocycles. The summed E-state index contributed by atoms with van der Waals surface area (Å²) in [6, 6.07) is 8.85. The van der Waals surface area contributed by atoms with Gasteiger partial charge in [-0.3, -0.25) is 14.0 Å². The van der Waals surface area contributed by atoms with E-state index in [1.54, 1.807) is 42.1 Å². The number of rotatable bonds is 6. The largest absolute Gasteiger partial charge is 0.417 e. The van der Waals surface area contributed by atoms with Crippen LogP contribution in [0.1, 0.15) is 22.5 Å². The number of carbonyl (C=O) groups is 1. The van der Waals surface area contributed by atoms with Crippen molar-refractivity contribution in [2.24, 2.45) is 0 Å². The number of halogens is 3. The normalized spacial score (nSPS) is 16.2. The van der Waals surface area contributed by atoms with Gasteiger partial charge in [-0.05, 0) is 36.8 Å². The molecule has 1 N–H and O–H groups in total. The molecule has 188 valence electrons. The number of anilines is 1. The summed E-state index contributed by atoms with van der Waals surface area (Å²) in [6.45, 7) is 1.57. The van der Waals surface area contributed by atoms with Crippen molar-refractivity contribution in [2.45, 2.75) is 25.2 Å². The van der Waals surface area contributed by atoms with Crippen LogP contribution in [-0.2, 0) is 17.5 Å². The van der Waals surface area contributed by atoms with Crippen LogP contribution < -0.4 is 15.8 Å². The summed E-state index contributed by atoms with van der Waals surface area (Å²) in [5, 5.41) is 3.30. The number of carbonyl (C=O) groups excluding carboxylic acids is 1. The molecular weight excluding hydrogens is 477 g/mol. The van der Waals surface area contributed by atoms with Crippen molar-refractivity contribution in [3.8, 4) is 0 Å². The number of pyridine rings is 2. The van der Waals surface area contributed by atoms with Crippen LogP contribution in [0.4, 0.5) is 19.0 Å². The van der Waals surface area contributed by atoms with Crippen LogP contribution in [0.15, 0.2) is 53.6 Å². The number of fused-ring (bicyclic) bond motifs is 2. The average molecular weight is 500 g/mol. The summed E-state index contributed by atoms with van der Waals surface area (Å²) in [6.07, 6.45) is -1.42. The molecule has 1 fully saturated rings. The second-order valence-electron chi connectivity index (χ2n) is 8.57. The van der Waals surface area contributed by atoms with Crippen molar-refractivity contribution in [1.82, 2.24) is 24.3 Å². The first-order valence-corrected chi connectivity index (χ1v) is 11.3. The van der Waals surface area contributed by atoms with Crippen molar-refractivity contribution < 1.29 is 22.7 Å². The maximum absolute atomic E-state index is 13.3. The zero-order chi connectivity index (χ0) is 25.4. The summed E-state index contributed by atoms with van der Waals surface area (Å²) in [5.74, 6) is 0.0441. The Morgan fingerprint density at radius 3 is 2.81 bits per heavy atom. The van der Waals surface area contributed by atoms with Gasteiger partial charge in [0, 0.05) is 45.2 Å². The molecule has 9 nitrogen and oxygen atoms in total. The number of nitrogens with zero attached hydrogens (tertiary/aromatic N) is 5. The molecule has 5 rings (SSSR count). The molecule has 4 aromatic heterocycles. The first kappa shape index (κ1) is 23.8. The molecule has 1 unspecified atom stereocenters. The smallest absolute Gasteiger partial charge is 0.383 e. The molecule has 1 aliphatic rings. The molecule has 36 heavy (non-hydrogen) atoms. The highest BCUT2D eigenvalue weighted by Gasteiger charge is 2.32. The predicted octanol–water partition coefficient (Wildman–Crippen LogP) is 2.72. The van der Waals surface area contributed by atoms with Gasteiger partial charge in [-0.2, -0.15) is 13.2 Å². The van der Waals surface area contributed by atoms with E-state index in [2.05, 4.69) is 15.3 Å². The summed E-state index contributed by atoms with van der Waals surface area (Å²) in [4.78, 5) is 36.7. The van der Waals surface area contributed by atoms with Crippen LogP contribution in [-0.4, -0.2) is 57.7 Å². The average Bonchev–Trinajstić information content (AvgIpc) is 3.47. The lowest BCUT2D eigenvalue weighted by Gasteiger charge is -2.19. The van der Waals surface area contributed by atoms with E-state index < -0.39 is 11.7 Å². The third-order valence-corrected chi connectivity index (χ3v) is 6.25. The van der Waals surface area contributed by atoms with E-state index in [-0.39, 0.29) is 23.2 Å². The summed E-state index contributed by atoms with van der Waals surface area (Å²) in [7, 11) is 1.55. The van der Waals surface area contributed by atoms with Crippen LogP contribution >= 0.6 is 0 Å². The second-order valence-corrected chi connectivity index (χ2v) is 8.57. The Balaban J connectivity index is 1.38. The minimum Gasteiger partial charge on any atom is -0.383 e. The van der Waals surface area contributed by atoms with Crippen molar-refractivity contribution in [3.05, 3.63) is 70.4 Å². The van der Waals surface area contributed by atoms with Gasteiger partial charge in [-0.15, -0.1) is 0 Å². The molecule has 1 amide bonds. The van der Waals surface area contributed by atoms with Gasteiger partial charge in [-0.25, -0.2) is 9.97 Å². The topological polar surface area (TPSA) is 93.8 Å². The molecule has 0 aromatic carbocycles. The zero-order valence-electron chi connectivity index (χ0n) is 19.3. The van der Waals surface area contributed by atoms with Gasteiger partial charge in [0.15, 0.2) is 0 Å². The summed E-state index contributed by atoms with van der Waals surface area (Å²) >= 11 is 0. The van der Waals surface area contributed by atoms with Gasteiger partial charge in [0.2, 0.25) is 0 Å². The maximum Gasteiger partial charge on any atom is 0.417 e. The molecule has 1 aliphatic heterocycles. The van der Waals surface area contributed by atoms with E-state index in [1.807, 2.05) is 4.90 Å². The fourth-order valence-electron chi connectivity index (χ4n) is 4.44. The predicted molar refractivity (Wildman–Crippen MR) is 126 cm³/mol. The van der Waals surface area contributed by atoms with Crippen molar-refractivity contribution >= 4 is 28.4 Å². The van der Waals surface area contributed by atoms with E-state index in [9.17, 15) is 22.8 Å². The Labute approximate surface area is 203 Å². The number of hydrogen-bond donors (Lipinski definition) is 1. The molecule has 0 bridgehead atoms. The molecule has 5 heterocycles.